The van der Waals surface area contributed by atoms with Crippen molar-refractivity contribution in [2.75, 3.05) is 13.2 Å². The number of nitro groups is 1. The lowest BCUT2D eigenvalue weighted by atomic mass is 9.89. The second-order valence-electron chi connectivity index (χ2n) is 8.38. The minimum atomic E-state index is -1.16. The fourth-order valence-corrected chi connectivity index (χ4v) is 3.80. The van der Waals surface area contributed by atoms with Crippen LogP contribution in [0.2, 0.25) is 0 Å². The topological polar surface area (TPSA) is 95.7 Å². The average Bonchev–Trinajstić information content (AvgIpc) is 2.98. The van der Waals surface area contributed by atoms with E-state index in [1.807, 2.05) is 12.1 Å². The predicted octanol–water partition coefficient (Wildman–Crippen LogP) is 4.38. The zero-order valence-corrected chi connectivity index (χ0v) is 16.7. The molecule has 0 saturated carbocycles. The van der Waals surface area contributed by atoms with Crippen molar-refractivity contribution >= 4 is 22.8 Å². The number of benzene rings is 2. The molecule has 1 aliphatic carbocycles. The van der Waals surface area contributed by atoms with E-state index in [0.29, 0.717) is 24.4 Å². The maximum Gasteiger partial charge on any atom is 0.280 e. The van der Waals surface area contributed by atoms with Crippen LogP contribution in [0.25, 0.3) is 5.57 Å². The lowest BCUT2D eigenvalue weighted by Gasteiger charge is -2.34. The molecule has 0 bridgehead atoms. The molecular formula is C23H21NO6. The molecule has 0 amide bonds. The van der Waals surface area contributed by atoms with E-state index in [0.717, 1.165) is 5.56 Å². The molecule has 1 saturated heterocycles. The molecule has 0 aromatic heterocycles. The first-order chi connectivity index (χ1) is 14.2. The molecule has 154 valence electrons. The van der Waals surface area contributed by atoms with Crippen LogP contribution in [0.15, 0.2) is 49.0 Å². The van der Waals surface area contributed by atoms with E-state index in [1.165, 1.54) is 18.2 Å². The van der Waals surface area contributed by atoms with Crippen LogP contribution < -0.4 is 0 Å². The highest BCUT2D eigenvalue weighted by atomic mass is 16.7. The first kappa shape index (κ1) is 20.1. The van der Waals surface area contributed by atoms with Gasteiger partial charge in [0.25, 0.3) is 5.69 Å². The van der Waals surface area contributed by atoms with Gasteiger partial charge in [-0.2, -0.15) is 0 Å². The summed E-state index contributed by atoms with van der Waals surface area (Å²) in [5.74, 6) is -2.21. The molecule has 2 aliphatic rings. The van der Waals surface area contributed by atoms with Gasteiger partial charge >= 0.3 is 0 Å². The highest BCUT2D eigenvalue weighted by Crippen LogP contribution is 2.39. The van der Waals surface area contributed by atoms with Gasteiger partial charge in [0.1, 0.15) is 11.5 Å². The Labute approximate surface area is 173 Å². The zero-order chi connectivity index (χ0) is 21.6. The van der Waals surface area contributed by atoms with E-state index in [-0.39, 0.29) is 22.2 Å². The van der Waals surface area contributed by atoms with Crippen LogP contribution in [0, 0.1) is 21.4 Å². The Morgan fingerprint density at radius 1 is 1.07 bits per heavy atom. The first-order valence-corrected chi connectivity index (χ1v) is 9.58. The molecule has 7 nitrogen and oxygen atoms in total. The number of rotatable bonds is 4. The normalized spacial score (nSPS) is 20.8. The van der Waals surface area contributed by atoms with Crippen LogP contribution in [0.3, 0.4) is 0 Å². The minimum Gasteiger partial charge on any atom is -0.348 e. The molecule has 0 spiro atoms. The van der Waals surface area contributed by atoms with Gasteiger partial charge in [0.15, 0.2) is 17.9 Å². The Morgan fingerprint density at radius 3 is 2.30 bits per heavy atom. The summed E-state index contributed by atoms with van der Waals surface area (Å²) in [7, 11) is 0. The summed E-state index contributed by atoms with van der Waals surface area (Å²) in [5.41, 5.74) is 1.29. The van der Waals surface area contributed by atoms with E-state index < -0.39 is 28.7 Å². The number of hydrogen-bond donors (Lipinski definition) is 0. The van der Waals surface area contributed by atoms with Crippen molar-refractivity contribution in [1.82, 2.24) is 0 Å². The molecule has 30 heavy (non-hydrogen) atoms. The molecule has 0 N–H and O–H groups in total. The number of fused-ring (bicyclic) bond motifs is 1. The van der Waals surface area contributed by atoms with Gasteiger partial charge in [-0.3, -0.25) is 19.7 Å². The van der Waals surface area contributed by atoms with Crippen molar-refractivity contribution < 1.29 is 24.0 Å². The van der Waals surface area contributed by atoms with Gasteiger partial charge in [0, 0.05) is 22.6 Å². The van der Waals surface area contributed by atoms with Gasteiger partial charge in [-0.15, -0.1) is 0 Å². The molecular weight excluding hydrogens is 386 g/mol. The number of carbonyl (C=O) groups is 2. The molecule has 1 aliphatic heterocycles. The summed E-state index contributed by atoms with van der Waals surface area (Å²) in [6.45, 7) is 9.24. The van der Waals surface area contributed by atoms with E-state index >= 15 is 0 Å². The number of Topliss-reactive ketones (excluding diaryl/α,β-unsaturated/α-hetero) is 2. The first-order valence-electron chi connectivity index (χ1n) is 9.58. The SMILES string of the molecule is C=C(c1ccc(C2OCC(C)(C)CO2)cc1)C1C(=O)c2cccc([N+](=O)[O-])c2C1=O. The molecule has 4 rings (SSSR count). The fraction of sp³-hybridized carbons (Fsp3) is 0.304. The predicted molar refractivity (Wildman–Crippen MR) is 109 cm³/mol. The Bertz CT molecular complexity index is 1060. The molecule has 7 heteroatoms. The quantitative estimate of drug-likeness (QED) is 0.424. The summed E-state index contributed by atoms with van der Waals surface area (Å²) >= 11 is 0. The highest BCUT2D eigenvalue weighted by molar-refractivity contribution is 6.32. The Kier molecular flexibility index (Phi) is 4.88. The molecule has 1 heterocycles. The number of ketones is 2. The third-order valence-electron chi connectivity index (χ3n) is 5.43. The number of carbonyl (C=O) groups excluding carboxylic acids is 2. The van der Waals surface area contributed by atoms with Crippen molar-refractivity contribution in [2.24, 2.45) is 11.3 Å². The van der Waals surface area contributed by atoms with E-state index in [1.54, 1.807) is 12.1 Å². The van der Waals surface area contributed by atoms with Crippen LogP contribution in [0.5, 0.6) is 0 Å². The third kappa shape index (κ3) is 3.36. The van der Waals surface area contributed by atoms with Crippen molar-refractivity contribution in [3.63, 3.8) is 0 Å². The van der Waals surface area contributed by atoms with Gasteiger partial charge in [0.05, 0.1) is 18.1 Å². The van der Waals surface area contributed by atoms with Crippen LogP contribution in [0.1, 0.15) is 52.0 Å². The molecule has 1 atom stereocenters. The number of nitrogens with zero attached hydrogens (tertiary/aromatic N) is 1. The summed E-state index contributed by atoms with van der Waals surface area (Å²) in [6, 6.07) is 11.2. The van der Waals surface area contributed by atoms with Crippen molar-refractivity contribution in [1.29, 1.82) is 0 Å². The molecule has 0 radical (unpaired) electrons. The molecule has 1 unspecified atom stereocenters. The monoisotopic (exact) mass is 407 g/mol. The number of ether oxygens (including phenoxy) is 2. The highest BCUT2D eigenvalue weighted by Gasteiger charge is 2.44. The largest absolute Gasteiger partial charge is 0.348 e. The van der Waals surface area contributed by atoms with Gasteiger partial charge in [0.2, 0.25) is 0 Å². The second kappa shape index (κ2) is 7.27. The Morgan fingerprint density at radius 2 is 1.70 bits per heavy atom. The van der Waals surface area contributed by atoms with E-state index in [4.69, 9.17) is 9.47 Å². The van der Waals surface area contributed by atoms with Crippen molar-refractivity contribution in [3.8, 4) is 0 Å². The minimum absolute atomic E-state index is 0.0362. The van der Waals surface area contributed by atoms with Crippen molar-refractivity contribution in [3.05, 3.63) is 81.4 Å². The van der Waals surface area contributed by atoms with Crippen LogP contribution in [-0.4, -0.2) is 29.7 Å². The number of allylic oxidation sites excluding steroid dienone is 1. The van der Waals surface area contributed by atoms with Crippen LogP contribution >= 0.6 is 0 Å². The zero-order valence-electron chi connectivity index (χ0n) is 16.7. The van der Waals surface area contributed by atoms with Gasteiger partial charge in [-0.25, -0.2) is 0 Å². The van der Waals surface area contributed by atoms with Crippen LogP contribution in [0.4, 0.5) is 5.69 Å². The number of nitro benzene ring substituents is 1. The fourth-order valence-electron chi connectivity index (χ4n) is 3.80. The summed E-state index contributed by atoms with van der Waals surface area (Å²) < 4.78 is 11.5. The van der Waals surface area contributed by atoms with Gasteiger partial charge in [-0.1, -0.05) is 56.8 Å². The van der Waals surface area contributed by atoms with E-state index in [2.05, 4.69) is 20.4 Å². The summed E-state index contributed by atoms with van der Waals surface area (Å²) in [5, 5.41) is 11.3. The Balaban J connectivity index is 1.57. The molecule has 2 aromatic carbocycles. The lowest BCUT2D eigenvalue weighted by molar-refractivity contribution is -0.385. The maximum atomic E-state index is 12.9. The Hall–Kier alpha value is -3.16. The smallest absolute Gasteiger partial charge is 0.280 e. The van der Waals surface area contributed by atoms with E-state index in [9.17, 15) is 19.7 Å². The van der Waals surface area contributed by atoms with Crippen molar-refractivity contribution in [2.45, 2.75) is 20.1 Å². The molecule has 1 fully saturated rings. The lowest BCUT2D eigenvalue weighted by Crippen LogP contribution is -2.33. The standard InChI is InChI=1S/C23H21NO6/c1-13(14-7-9-15(10-8-14)22-29-11-23(2,3)12-30-22)18-20(25)16-5-4-6-17(24(27)28)19(16)21(18)26/h4-10,18,22H,1,11-12H2,2-3H3. The average molecular weight is 407 g/mol. The van der Waals surface area contributed by atoms with Crippen LogP contribution in [-0.2, 0) is 9.47 Å². The van der Waals surface area contributed by atoms with Gasteiger partial charge < -0.3 is 9.47 Å². The van der Waals surface area contributed by atoms with Gasteiger partial charge in [-0.05, 0) is 11.1 Å². The third-order valence-corrected chi connectivity index (χ3v) is 5.43. The summed E-state index contributed by atoms with van der Waals surface area (Å²) in [4.78, 5) is 36.4. The molecule has 2 aromatic rings. The maximum absolute atomic E-state index is 12.9. The second-order valence-corrected chi connectivity index (χ2v) is 8.38. The number of hydrogen-bond acceptors (Lipinski definition) is 6. The summed E-state index contributed by atoms with van der Waals surface area (Å²) in [6.07, 6.45) is -0.470.